The van der Waals surface area contributed by atoms with Gasteiger partial charge in [-0.25, -0.2) is 0 Å². The molecule has 7 nitrogen and oxygen atoms in total. The Balaban J connectivity index is 0.00000450. The highest BCUT2D eigenvalue weighted by Gasteiger charge is 2.05. The van der Waals surface area contributed by atoms with Crippen molar-refractivity contribution in [2.45, 2.75) is 13.3 Å². The normalized spacial score (nSPS) is 10.6. The predicted molar refractivity (Wildman–Crippen MR) is 131 cm³/mol. The van der Waals surface area contributed by atoms with Crippen LogP contribution < -0.4 is 25.4 Å². The van der Waals surface area contributed by atoms with E-state index in [1.165, 1.54) is 5.56 Å². The molecule has 2 aromatic carbocycles. The van der Waals surface area contributed by atoms with Crippen LogP contribution in [0.1, 0.15) is 22.8 Å². The molecule has 0 atom stereocenters. The Morgan fingerprint density at radius 1 is 0.867 bits per heavy atom. The Morgan fingerprint density at radius 3 is 2.00 bits per heavy atom. The standard InChI is InChI=1S/C22H30N4O3.HI/c1-4-23-22(25-14-13-17-5-9-19(28-2)10-6-17)26-16-15-24-21(27)18-7-11-20(29-3)12-8-18;/h5-12H,4,13-16H2,1-3H3,(H,24,27)(H2,23,25,26);1H. The van der Waals surface area contributed by atoms with Gasteiger partial charge in [0, 0.05) is 31.7 Å². The second kappa shape index (κ2) is 14.5. The van der Waals surface area contributed by atoms with Crippen molar-refractivity contribution in [3.63, 3.8) is 0 Å². The molecule has 0 spiro atoms. The van der Waals surface area contributed by atoms with Gasteiger partial charge in [0.1, 0.15) is 11.5 Å². The lowest BCUT2D eigenvalue weighted by molar-refractivity contribution is 0.0954. The van der Waals surface area contributed by atoms with E-state index in [0.717, 1.165) is 30.4 Å². The topological polar surface area (TPSA) is 84.0 Å². The van der Waals surface area contributed by atoms with Gasteiger partial charge in [-0.1, -0.05) is 12.1 Å². The molecular weight excluding hydrogens is 495 g/mol. The quantitative estimate of drug-likeness (QED) is 0.192. The zero-order valence-electron chi connectivity index (χ0n) is 17.7. The minimum Gasteiger partial charge on any atom is -0.497 e. The number of methoxy groups -OCH3 is 2. The van der Waals surface area contributed by atoms with Crippen molar-refractivity contribution in [1.29, 1.82) is 0 Å². The summed E-state index contributed by atoms with van der Waals surface area (Å²) in [6.07, 6.45) is 0.842. The van der Waals surface area contributed by atoms with E-state index >= 15 is 0 Å². The molecule has 0 radical (unpaired) electrons. The number of hydrogen-bond acceptors (Lipinski definition) is 4. The van der Waals surface area contributed by atoms with E-state index < -0.39 is 0 Å². The summed E-state index contributed by atoms with van der Waals surface area (Å²) in [6, 6.07) is 15.0. The molecule has 1 amide bonds. The molecule has 0 aliphatic carbocycles. The van der Waals surface area contributed by atoms with Crippen molar-refractivity contribution < 1.29 is 14.3 Å². The largest absolute Gasteiger partial charge is 0.497 e. The Morgan fingerprint density at radius 2 is 1.43 bits per heavy atom. The van der Waals surface area contributed by atoms with Crippen LogP contribution in [0.4, 0.5) is 0 Å². The molecule has 0 heterocycles. The van der Waals surface area contributed by atoms with E-state index in [1.54, 1.807) is 38.5 Å². The van der Waals surface area contributed by atoms with Gasteiger partial charge in [0.05, 0.1) is 14.2 Å². The van der Waals surface area contributed by atoms with Crippen LogP contribution in [0.15, 0.2) is 53.5 Å². The molecule has 0 fully saturated rings. The summed E-state index contributed by atoms with van der Waals surface area (Å²) in [5.74, 6) is 2.20. The zero-order valence-corrected chi connectivity index (χ0v) is 20.1. The van der Waals surface area contributed by atoms with Gasteiger partial charge < -0.3 is 25.4 Å². The Kier molecular flexibility index (Phi) is 12.3. The van der Waals surface area contributed by atoms with Crippen molar-refractivity contribution in [3.8, 4) is 11.5 Å². The highest BCUT2D eigenvalue weighted by atomic mass is 127. The van der Waals surface area contributed by atoms with Gasteiger partial charge in [-0.05, 0) is 55.3 Å². The minimum atomic E-state index is -0.115. The molecule has 0 aliphatic rings. The first kappa shape index (κ1) is 25.5. The van der Waals surface area contributed by atoms with E-state index in [0.29, 0.717) is 25.2 Å². The van der Waals surface area contributed by atoms with Crippen LogP contribution in [-0.2, 0) is 6.42 Å². The number of ether oxygens (including phenoxy) is 2. The molecule has 0 saturated carbocycles. The van der Waals surface area contributed by atoms with E-state index in [-0.39, 0.29) is 29.9 Å². The third-order valence-corrected chi connectivity index (χ3v) is 4.23. The zero-order chi connectivity index (χ0) is 20.9. The van der Waals surface area contributed by atoms with Gasteiger partial charge in [0.2, 0.25) is 0 Å². The lowest BCUT2D eigenvalue weighted by Gasteiger charge is -2.12. The molecular formula is C22H31IN4O3. The number of benzene rings is 2. The van der Waals surface area contributed by atoms with Gasteiger partial charge in [-0.2, -0.15) is 0 Å². The van der Waals surface area contributed by atoms with Crippen LogP contribution in [0, 0.1) is 0 Å². The molecule has 2 rings (SSSR count). The second-order valence-corrected chi connectivity index (χ2v) is 6.27. The maximum Gasteiger partial charge on any atom is 0.251 e. The van der Waals surface area contributed by atoms with Crippen molar-refractivity contribution in [2.75, 3.05) is 40.4 Å². The highest BCUT2D eigenvalue weighted by Crippen LogP contribution is 2.12. The van der Waals surface area contributed by atoms with Crippen LogP contribution in [0.25, 0.3) is 0 Å². The number of hydrogen-bond donors (Lipinski definition) is 3. The maximum atomic E-state index is 12.2. The third-order valence-electron chi connectivity index (χ3n) is 4.23. The monoisotopic (exact) mass is 526 g/mol. The molecule has 8 heteroatoms. The number of guanidine groups is 1. The lowest BCUT2D eigenvalue weighted by atomic mass is 10.1. The first-order valence-electron chi connectivity index (χ1n) is 9.73. The minimum absolute atomic E-state index is 0. The number of halogens is 1. The highest BCUT2D eigenvalue weighted by molar-refractivity contribution is 14.0. The predicted octanol–water partition coefficient (Wildman–Crippen LogP) is 2.85. The number of nitrogens with zero attached hydrogens (tertiary/aromatic N) is 1. The number of rotatable bonds is 10. The number of carbonyl (C=O) groups excluding carboxylic acids is 1. The van der Waals surface area contributed by atoms with Gasteiger partial charge in [0.15, 0.2) is 5.96 Å². The summed E-state index contributed by atoms with van der Waals surface area (Å²) in [6.45, 7) is 4.53. The van der Waals surface area contributed by atoms with Crippen molar-refractivity contribution in [1.82, 2.24) is 16.0 Å². The van der Waals surface area contributed by atoms with Gasteiger partial charge in [-0.15, -0.1) is 24.0 Å². The molecule has 30 heavy (non-hydrogen) atoms. The number of amides is 1. The van der Waals surface area contributed by atoms with Gasteiger partial charge in [0.25, 0.3) is 5.91 Å². The van der Waals surface area contributed by atoms with Crippen molar-refractivity contribution in [2.24, 2.45) is 4.99 Å². The fourth-order valence-electron chi connectivity index (χ4n) is 2.63. The number of nitrogens with one attached hydrogen (secondary N) is 3. The maximum absolute atomic E-state index is 12.2. The third kappa shape index (κ3) is 8.89. The smallest absolute Gasteiger partial charge is 0.251 e. The Bertz CT molecular complexity index is 780. The Hall–Kier alpha value is -2.49. The summed E-state index contributed by atoms with van der Waals surface area (Å²) in [5.41, 5.74) is 1.81. The van der Waals surface area contributed by atoms with Crippen LogP contribution in [-0.4, -0.2) is 52.3 Å². The summed E-state index contributed by atoms with van der Waals surface area (Å²) >= 11 is 0. The fourth-order valence-corrected chi connectivity index (χ4v) is 2.63. The van der Waals surface area contributed by atoms with E-state index in [2.05, 4.69) is 20.9 Å². The second-order valence-electron chi connectivity index (χ2n) is 6.27. The van der Waals surface area contributed by atoms with Crippen LogP contribution in [0.3, 0.4) is 0 Å². The van der Waals surface area contributed by atoms with E-state index in [4.69, 9.17) is 9.47 Å². The average molecular weight is 526 g/mol. The van der Waals surface area contributed by atoms with E-state index in [9.17, 15) is 4.79 Å². The molecule has 2 aromatic rings. The summed E-state index contributed by atoms with van der Waals surface area (Å²) < 4.78 is 10.3. The molecule has 164 valence electrons. The van der Waals surface area contributed by atoms with Crippen LogP contribution >= 0.6 is 24.0 Å². The van der Waals surface area contributed by atoms with E-state index in [1.807, 2.05) is 31.2 Å². The Labute approximate surface area is 195 Å². The lowest BCUT2D eigenvalue weighted by Crippen LogP contribution is -2.41. The molecule has 0 aliphatic heterocycles. The molecule has 0 saturated heterocycles. The van der Waals surface area contributed by atoms with Gasteiger partial charge >= 0.3 is 0 Å². The van der Waals surface area contributed by atoms with Crippen molar-refractivity contribution >= 4 is 35.8 Å². The average Bonchev–Trinajstić information content (AvgIpc) is 2.77. The molecule has 0 aromatic heterocycles. The molecule has 3 N–H and O–H groups in total. The first-order chi connectivity index (χ1) is 14.2. The summed E-state index contributed by atoms with van der Waals surface area (Å²) in [4.78, 5) is 16.7. The molecule has 0 unspecified atom stereocenters. The fraction of sp³-hybridized carbons (Fsp3) is 0.364. The first-order valence-corrected chi connectivity index (χ1v) is 9.73. The number of carbonyl (C=O) groups is 1. The summed E-state index contributed by atoms with van der Waals surface area (Å²) in [7, 11) is 3.26. The molecule has 0 bridgehead atoms. The number of aliphatic imine (C=N–C) groups is 1. The summed E-state index contributed by atoms with van der Waals surface area (Å²) in [5, 5.41) is 9.34. The van der Waals surface area contributed by atoms with Crippen LogP contribution in [0.2, 0.25) is 0 Å². The van der Waals surface area contributed by atoms with Crippen molar-refractivity contribution in [3.05, 3.63) is 59.7 Å². The van der Waals surface area contributed by atoms with Gasteiger partial charge in [-0.3, -0.25) is 9.79 Å². The van der Waals surface area contributed by atoms with Crippen LogP contribution in [0.5, 0.6) is 11.5 Å². The SMILES string of the molecule is CCNC(=NCCc1ccc(OC)cc1)NCCNC(=O)c1ccc(OC)cc1.I.